The fourth-order valence-electron chi connectivity index (χ4n) is 2.75. The topological polar surface area (TPSA) is 61.3 Å². The molecule has 0 saturated carbocycles. The molecule has 1 fully saturated rings. The van der Waals surface area contributed by atoms with Crippen LogP contribution in [0.3, 0.4) is 0 Å². The average Bonchev–Trinajstić information content (AvgIpc) is 2.92. The van der Waals surface area contributed by atoms with Gasteiger partial charge in [0.1, 0.15) is 5.69 Å². The number of nitrogens with zero attached hydrogens (tertiary/aromatic N) is 2. The second kappa shape index (κ2) is 6.06. The van der Waals surface area contributed by atoms with E-state index in [2.05, 4.69) is 4.98 Å². The molecule has 0 radical (unpaired) electrons. The van der Waals surface area contributed by atoms with Crippen molar-refractivity contribution >= 4 is 18.1 Å². The maximum absolute atomic E-state index is 12.8. The van der Waals surface area contributed by atoms with E-state index in [9.17, 15) is 9.90 Å². The van der Waals surface area contributed by atoms with Crippen molar-refractivity contribution in [3.05, 3.63) is 47.0 Å². The second-order valence-corrected chi connectivity index (χ2v) is 6.12. The summed E-state index contributed by atoms with van der Waals surface area (Å²) < 4.78 is 2.22. The van der Waals surface area contributed by atoms with Crippen molar-refractivity contribution < 1.29 is 9.90 Å². The van der Waals surface area contributed by atoms with E-state index in [0.29, 0.717) is 23.6 Å². The molecule has 2 N–H and O–H groups in total. The lowest BCUT2D eigenvalue weighted by Crippen LogP contribution is -2.46. The fraction of sp³-hybridized carbons (Fsp3) is 0.375. The van der Waals surface area contributed by atoms with E-state index in [1.54, 1.807) is 15.7 Å². The summed E-state index contributed by atoms with van der Waals surface area (Å²) in [5.41, 5.74) is 1.35. The van der Waals surface area contributed by atoms with Gasteiger partial charge in [0.2, 0.25) is 0 Å². The summed E-state index contributed by atoms with van der Waals surface area (Å²) >= 11 is 5.30. The Labute approximate surface area is 134 Å². The molecule has 0 spiro atoms. The minimum atomic E-state index is -0.468. The Kier molecular flexibility index (Phi) is 4.13. The summed E-state index contributed by atoms with van der Waals surface area (Å²) in [5.74, 6) is 0.119. The molecule has 3 rings (SSSR count). The maximum Gasteiger partial charge on any atom is 0.272 e. The number of carbonyl (C=O) groups excluding carboxylic acids is 1. The van der Waals surface area contributed by atoms with Crippen LogP contribution in [0.2, 0.25) is 0 Å². The number of β-amino-alcohol motifs (C(OH)–C–C–N with tert-alkyl or cyclic N) is 1. The van der Waals surface area contributed by atoms with Crippen LogP contribution < -0.4 is 0 Å². The van der Waals surface area contributed by atoms with Crippen LogP contribution in [-0.4, -0.2) is 44.7 Å². The van der Waals surface area contributed by atoms with E-state index in [0.717, 1.165) is 12.1 Å². The van der Waals surface area contributed by atoms with Crippen molar-refractivity contribution in [2.45, 2.75) is 19.4 Å². The van der Waals surface area contributed by atoms with Gasteiger partial charge in [-0.2, -0.15) is 0 Å². The lowest BCUT2D eigenvalue weighted by molar-refractivity contribution is 0.0244. The molecule has 22 heavy (non-hydrogen) atoms. The molecule has 2 atom stereocenters. The second-order valence-electron chi connectivity index (χ2n) is 5.73. The Hall–Kier alpha value is -1.92. The Morgan fingerprint density at radius 2 is 2.09 bits per heavy atom. The molecule has 2 aromatic rings. The number of aromatic nitrogens is 2. The lowest BCUT2D eigenvalue weighted by atomic mass is 9.96. The van der Waals surface area contributed by atoms with Crippen LogP contribution in [0.15, 0.2) is 36.5 Å². The van der Waals surface area contributed by atoms with Gasteiger partial charge in [-0.3, -0.25) is 9.36 Å². The molecule has 1 aromatic heterocycles. The lowest BCUT2D eigenvalue weighted by Gasteiger charge is -2.34. The van der Waals surface area contributed by atoms with Gasteiger partial charge in [0.25, 0.3) is 5.91 Å². The number of carbonyl (C=O) groups is 1. The van der Waals surface area contributed by atoms with Crippen molar-refractivity contribution in [1.29, 1.82) is 0 Å². The van der Waals surface area contributed by atoms with Crippen LogP contribution in [-0.2, 0) is 0 Å². The molecule has 0 aliphatic carbocycles. The van der Waals surface area contributed by atoms with Gasteiger partial charge in [0, 0.05) is 25.0 Å². The van der Waals surface area contributed by atoms with Crippen LogP contribution in [0, 0.1) is 10.7 Å². The molecule has 0 bridgehead atoms. The number of amides is 1. The first-order valence-corrected chi connectivity index (χ1v) is 7.82. The highest BCUT2D eigenvalue weighted by molar-refractivity contribution is 7.71. The third-order valence-electron chi connectivity index (χ3n) is 4.22. The summed E-state index contributed by atoms with van der Waals surface area (Å²) in [5, 5.41) is 10.0. The zero-order chi connectivity index (χ0) is 15.7. The first kappa shape index (κ1) is 15.0. The highest BCUT2D eigenvalue weighted by Gasteiger charge is 2.29. The van der Waals surface area contributed by atoms with Crippen molar-refractivity contribution in [2.75, 3.05) is 13.1 Å². The van der Waals surface area contributed by atoms with E-state index >= 15 is 0 Å². The number of hydrogen-bond acceptors (Lipinski definition) is 3. The Morgan fingerprint density at radius 1 is 1.36 bits per heavy atom. The van der Waals surface area contributed by atoms with E-state index in [4.69, 9.17) is 12.2 Å². The molecule has 116 valence electrons. The molecule has 5 nitrogen and oxygen atoms in total. The van der Waals surface area contributed by atoms with E-state index in [-0.39, 0.29) is 11.8 Å². The molecule has 2 unspecified atom stereocenters. The molecule has 1 aromatic carbocycles. The van der Waals surface area contributed by atoms with E-state index in [1.165, 1.54) is 0 Å². The number of rotatable bonds is 2. The predicted molar refractivity (Wildman–Crippen MR) is 86.6 cm³/mol. The Bertz CT molecular complexity index is 722. The van der Waals surface area contributed by atoms with E-state index in [1.807, 2.05) is 37.3 Å². The summed E-state index contributed by atoms with van der Waals surface area (Å²) in [6.07, 6.45) is 1.98. The number of aliphatic hydroxyl groups is 1. The first-order chi connectivity index (χ1) is 10.6. The third kappa shape index (κ3) is 2.71. The quantitative estimate of drug-likeness (QED) is 0.836. The molecular weight excluding hydrogens is 298 g/mol. The normalized spacial score (nSPS) is 21.8. The predicted octanol–water partition coefficient (Wildman–Crippen LogP) is 2.38. The Morgan fingerprint density at radius 3 is 2.77 bits per heavy atom. The number of nitrogens with one attached hydrogen (secondary N) is 1. The summed E-state index contributed by atoms with van der Waals surface area (Å²) in [4.78, 5) is 17.4. The van der Waals surface area contributed by atoms with Crippen LogP contribution in [0.5, 0.6) is 0 Å². The van der Waals surface area contributed by atoms with Gasteiger partial charge in [-0.05, 0) is 36.7 Å². The monoisotopic (exact) mass is 317 g/mol. The number of likely N-dealkylation sites (tertiary alicyclic amines) is 1. The highest BCUT2D eigenvalue weighted by Crippen LogP contribution is 2.20. The van der Waals surface area contributed by atoms with Crippen LogP contribution >= 0.6 is 12.2 Å². The third-order valence-corrected chi connectivity index (χ3v) is 4.52. The molecule has 1 aliphatic heterocycles. The van der Waals surface area contributed by atoms with Crippen LogP contribution in [0.25, 0.3) is 5.69 Å². The van der Waals surface area contributed by atoms with Gasteiger partial charge in [0.05, 0.1) is 6.10 Å². The van der Waals surface area contributed by atoms with E-state index < -0.39 is 6.10 Å². The van der Waals surface area contributed by atoms with Gasteiger partial charge in [-0.25, -0.2) is 0 Å². The molecule has 1 amide bonds. The molecular formula is C16H19N3O2S. The largest absolute Gasteiger partial charge is 0.391 e. The smallest absolute Gasteiger partial charge is 0.272 e. The van der Waals surface area contributed by atoms with Gasteiger partial charge in [0.15, 0.2) is 4.77 Å². The number of aliphatic hydroxyl groups excluding tert-OH is 1. The molecule has 1 aliphatic rings. The van der Waals surface area contributed by atoms with Crippen molar-refractivity contribution in [3.8, 4) is 5.69 Å². The van der Waals surface area contributed by atoms with Crippen LogP contribution in [0.4, 0.5) is 0 Å². The summed E-state index contributed by atoms with van der Waals surface area (Å²) in [7, 11) is 0. The number of hydrogen-bond donors (Lipinski definition) is 2. The number of benzene rings is 1. The number of para-hydroxylation sites is 1. The zero-order valence-electron chi connectivity index (χ0n) is 12.4. The van der Waals surface area contributed by atoms with Crippen molar-refractivity contribution in [3.63, 3.8) is 0 Å². The summed E-state index contributed by atoms with van der Waals surface area (Å²) in [6.45, 7) is 3.03. The maximum atomic E-state index is 12.8. The molecule has 1 saturated heterocycles. The highest BCUT2D eigenvalue weighted by atomic mass is 32.1. The minimum Gasteiger partial charge on any atom is -0.391 e. The fourth-order valence-corrected chi connectivity index (χ4v) is 3.02. The minimum absolute atomic E-state index is 0.109. The number of piperidine rings is 1. The summed E-state index contributed by atoms with van der Waals surface area (Å²) in [6, 6.07) is 9.56. The average molecular weight is 317 g/mol. The number of aromatic amines is 1. The van der Waals surface area contributed by atoms with Gasteiger partial charge < -0.3 is 15.0 Å². The first-order valence-electron chi connectivity index (χ1n) is 7.41. The van der Waals surface area contributed by atoms with Gasteiger partial charge in [-0.15, -0.1) is 0 Å². The van der Waals surface area contributed by atoms with Crippen LogP contribution in [0.1, 0.15) is 23.8 Å². The molecule has 6 heteroatoms. The molecule has 2 heterocycles. The Balaban J connectivity index is 1.93. The zero-order valence-corrected chi connectivity index (χ0v) is 13.2. The number of H-pyrrole nitrogens is 1. The van der Waals surface area contributed by atoms with Crippen molar-refractivity contribution in [2.24, 2.45) is 5.92 Å². The van der Waals surface area contributed by atoms with Gasteiger partial charge >= 0.3 is 0 Å². The number of imidazole rings is 1. The standard InChI is InChI=1S/C16H19N3O2S/c1-11-7-8-18(10-14(11)20)15(21)13-9-17-16(22)19(13)12-5-3-2-4-6-12/h2-6,9,11,14,20H,7-8,10H2,1H3,(H,17,22). The SMILES string of the molecule is CC1CCN(C(=O)c2c[nH]c(=S)n2-c2ccccc2)CC1O. The van der Waals surface area contributed by atoms with Crippen molar-refractivity contribution in [1.82, 2.24) is 14.5 Å². The van der Waals surface area contributed by atoms with Gasteiger partial charge in [-0.1, -0.05) is 25.1 Å².